The summed E-state index contributed by atoms with van der Waals surface area (Å²) in [6.45, 7) is 2.80. The molecule has 3 nitrogen and oxygen atoms in total. The molecule has 1 unspecified atom stereocenters. The minimum atomic E-state index is -0.498. The highest BCUT2D eigenvalue weighted by atomic mass is 16.5. The Kier molecular flexibility index (Phi) is 4.93. The summed E-state index contributed by atoms with van der Waals surface area (Å²) in [7, 11) is 0. The Morgan fingerprint density at radius 2 is 1.79 bits per heavy atom. The molecule has 1 aromatic heterocycles. The molecule has 0 bridgehead atoms. The average molecular weight is 257 g/mol. The molecule has 2 aromatic rings. The standard InChI is InChI=1S/C16H19NO2/c1-2-11-19-15-5-3-14(4-6-15)16(18)12-13-7-9-17-10-8-13/h3-10,16,18H,2,11-12H2,1H3. The smallest absolute Gasteiger partial charge is 0.119 e. The maximum atomic E-state index is 10.2. The summed E-state index contributed by atoms with van der Waals surface area (Å²) < 4.78 is 5.52. The predicted molar refractivity (Wildman–Crippen MR) is 75.1 cm³/mol. The van der Waals surface area contributed by atoms with Crippen LogP contribution in [0, 0.1) is 0 Å². The maximum Gasteiger partial charge on any atom is 0.119 e. The van der Waals surface area contributed by atoms with Crippen LogP contribution < -0.4 is 4.74 Å². The first-order valence-corrected chi connectivity index (χ1v) is 6.59. The topological polar surface area (TPSA) is 42.4 Å². The van der Waals surface area contributed by atoms with E-state index < -0.39 is 6.10 Å². The van der Waals surface area contributed by atoms with E-state index in [1.807, 2.05) is 36.4 Å². The summed E-state index contributed by atoms with van der Waals surface area (Å²) in [6, 6.07) is 11.5. The molecule has 0 saturated carbocycles. The van der Waals surface area contributed by atoms with Crippen LogP contribution in [-0.2, 0) is 6.42 Å². The van der Waals surface area contributed by atoms with Crippen molar-refractivity contribution in [3.05, 3.63) is 59.9 Å². The fraction of sp³-hybridized carbons (Fsp3) is 0.312. The van der Waals surface area contributed by atoms with Crippen LogP contribution in [-0.4, -0.2) is 16.7 Å². The Morgan fingerprint density at radius 1 is 1.11 bits per heavy atom. The van der Waals surface area contributed by atoms with Gasteiger partial charge in [0.05, 0.1) is 12.7 Å². The van der Waals surface area contributed by atoms with Crippen molar-refractivity contribution in [3.8, 4) is 5.75 Å². The van der Waals surface area contributed by atoms with Gasteiger partial charge in [-0.3, -0.25) is 4.98 Å². The van der Waals surface area contributed by atoms with Gasteiger partial charge in [0.1, 0.15) is 5.75 Å². The molecule has 0 aliphatic rings. The van der Waals surface area contributed by atoms with E-state index in [-0.39, 0.29) is 0 Å². The molecule has 19 heavy (non-hydrogen) atoms. The van der Waals surface area contributed by atoms with Crippen molar-refractivity contribution in [2.24, 2.45) is 0 Å². The number of pyridine rings is 1. The monoisotopic (exact) mass is 257 g/mol. The number of hydrogen-bond donors (Lipinski definition) is 1. The number of nitrogens with zero attached hydrogens (tertiary/aromatic N) is 1. The van der Waals surface area contributed by atoms with E-state index >= 15 is 0 Å². The quantitative estimate of drug-likeness (QED) is 0.864. The molecule has 2 rings (SSSR count). The molecule has 0 radical (unpaired) electrons. The second kappa shape index (κ2) is 6.90. The lowest BCUT2D eigenvalue weighted by molar-refractivity contribution is 0.178. The van der Waals surface area contributed by atoms with Gasteiger partial charge in [-0.05, 0) is 41.8 Å². The second-order valence-corrected chi connectivity index (χ2v) is 4.49. The van der Waals surface area contributed by atoms with E-state index in [0.717, 1.165) is 29.9 Å². The van der Waals surface area contributed by atoms with Gasteiger partial charge in [-0.2, -0.15) is 0 Å². The van der Waals surface area contributed by atoms with E-state index in [1.54, 1.807) is 12.4 Å². The van der Waals surface area contributed by atoms with Crippen molar-refractivity contribution in [3.63, 3.8) is 0 Å². The molecule has 0 amide bonds. The predicted octanol–water partition coefficient (Wildman–Crippen LogP) is 3.15. The molecular formula is C16H19NO2. The third-order valence-electron chi connectivity index (χ3n) is 2.92. The van der Waals surface area contributed by atoms with Gasteiger partial charge in [-0.1, -0.05) is 19.1 Å². The zero-order valence-electron chi connectivity index (χ0n) is 11.1. The highest BCUT2D eigenvalue weighted by Crippen LogP contribution is 2.21. The van der Waals surface area contributed by atoms with Crippen molar-refractivity contribution in [1.82, 2.24) is 4.98 Å². The summed E-state index contributed by atoms with van der Waals surface area (Å²) in [6.07, 6.45) is 4.57. The molecule has 0 aliphatic heterocycles. The van der Waals surface area contributed by atoms with Crippen LogP contribution in [0.1, 0.15) is 30.6 Å². The molecule has 1 atom stereocenters. The van der Waals surface area contributed by atoms with Gasteiger partial charge in [-0.15, -0.1) is 0 Å². The Hall–Kier alpha value is -1.87. The normalized spacial score (nSPS) is 12.1. The molecule has 1 N–H and O–H groups in total. The van der Waals surface area contributed by atoms with E-state index in [0.29, 0.717) is 6.42 Å². The lowest BCUT2D eigenvalue weighted by Crippen LogP contribution is -2.02. The third kappa shape index (κ3) is 4.07. The Bertz CT molecular complexity index is 482. The number of rotatable bonds is 6. The van der Waals surface area contributed by atoms with E-state index in [9.17, 15) is 5.11 Å². The van der Waals surface area contributed by atoms with Crippen LogP contribution >= 0.6 is 0 Å². The molecule has 0 saturated heterocycles. The fourth-order valence-electron chi connectivity index (χ4n) is 1.87. The molecular weight excluding hydrogens is 238 g/mol. The molecule has 0 aliphatic carbocycles. The van der Waals surface area contributed by atoms with E-state index in [2.05, 4.69) is 11.9 Å². The molecule has 3 heteroatoms. The largest absolute Gasteiger partial charge is 0.494 e. The Balaban J connectivity index is 1.97. The summed E-state index contributed by atoms with van der Waals surface area (Å²) in [4.78, 5) is 3.97. The van der Waals surface area contributed by atoms with Crippen molar-refractivity contribution in [1.29, 1.82) is 0 Å². The van der Waals surface area contributed by atoms with Gasteiger partial charge in [0, 0.05) is 18.8 Å². The molecule has 0 spiro atoms. The van der Waals surface area contributed by atoms with Crippen LogP contribution in [0.2, 0.25) is 0 Å². The third-order valence-corrected chi connectivity index (χ3v) is 2.92. The van der Waals surface area contributed by atoms with Gasteiger partial charge >= 0.3 is 0 Å². The summed E-state index contributed by atoms with van der Waals surface area (Å²) in [5.74, 6) is 0.849. The van der Waals surface area contributed by atoms with Gasteiger partial charge in [0.2, 0.25) is 0 Å². The van der Waals surface area contributed by atoms with Gasteiger partial charge in [0.15, 0.2) is 0 Å². The van der Waals surface area contributed by atoms with Gasteiger partial charge in [0.25, 0.3) is 0 Å². The lowest BCUT2D eigenvalue weighted by Gasteiger charge is -2.12. The van der Waals surface area contributed by atoms with Crippen molar-refractivity contribution in [2.75, 3.05) is 6.61 Å². The van der Waals surface area contributed by atoms with Crippen molar-refractivity contribution >= 4 is 0 Å². The summed E-state index contributed by atoms with van der Waals surface area (Å²) in [5, 5.41) is 10.2. The number of aliphatic hydroxyl groups is 1. The van der Waals surface area contributed by atoms with Crippen LogP contribution in [0.3, 0.4) is 0 Å². The fourth-order valence-corrected chi connectivity index (χ4v) is 1.87. The van der Waals surface area contributed by atoms with Gasteiger partial charge < -0.3 is 9.84 Å². The molecule has 1 heterocycles. The van der Waals surface area contributed by atoms with Crippen LogP contribution in [0.5, 0.6) is 5.75 Å². The summed E-state index contributed by atoms with van der Waals surface area (Å²) in [5.41, 5.74) is 1.98. The minimum Gasteiger partial charge on any atom is -0.494 e. The number of aliphatic hydroxyl groups excluding tert-OH is 1. The average Bonchev–Trinajstić information content (AvgIpc) is 2.46. The van der Waals surface area contributed by atoms with E-state index in [1.165, 1.54) is 0 Å². The highest BCUT2D eigenvalue weighted by Gasteiger charge is 2.08. The first-order chi connectivity index (χ1) is 9.29. The second-order valence-electron chi connectivity index (χ2n) is 4.49. The number of ether oxygens (including phenoxy) is 1. The SMILES string of the molecule is CCCOc1ccc(C(O)Cc2ccncc2)cc1. The molecule has 100 valence electrons. The number of hydrogen-bond acceptors (Lipinski definition) is 3. The number of aromatic nitrogens is 1. The lowest BCUT2D eigenvalue weighted by atomic mass is 10.0. The zero-order valence-corrected chi connectivity index (χ0v) is 11.1. The first-order valence-electron chi connectivity index (χ1n) is 6.59. The minimum absolute atomic E-state index is 0.498. The Morgan fingerprint density at radius 3 is 2.42 bits per heavy atom. The van der Waals surface area contributed by atoms with Crippen LogP contribution in [0.15, 0.2) is 48.8 Å². The van der Waals surface area contributed by atoms with E-state index in [4.69, 9.17) is 4.74 Å². The molecule has 0 fully saturated rings. The Labute approximate surface area is 113 Å². The van der Waals surface area contributed by atoms with Gasteiger partial charge in [-0.25, -0.2) is 0 Å². The molecule has 1 aromatic carbocycles. The summed E-state index contributed by atoms with van der Waals surface area (Å²) >= 11 is 0. The van der Waals surface area contributed by atoms with Crippen molar-refractivity contribution < 1.29 is 9.84 Å². The van der Waals surface area contributed by atoms with Crippen molar-refractivity contribution in [2.45, 2.75) is 25.9 Å². The number of benzene rings is 1. The van der Waals surface area contributed by atoms with Crippen LogP contribution in [0.25, 0.3) is 0 Å². The highest BCUT2D eigenvalue weighted by molar-refractivity contribution is 5.29. The first kappa shape index (κ1) is 13.6. The van der Waals surface area contributed by atoms with Crippen LogP contribution in [0.4, 0.5) is 0 Å². The maximum absolute atomic E-state index is 10.2. The zero-order chi connectivity index (χ0) is 13.5.